The van der Waals surface area contributed by atoms with Crippen LogP contribution >= 0.6 is 0 Å². The van der Waals surface area contributed by atoms with Crippen LogP contribution in [0.5, 0.6) is 11.5 Å². The smallest absolute Gasteiger partial charge is 0.416 e. The van der Waals surface area contributed by atoms with Crippen molar-refractivity contribution in [1.29, 1.82) is 0 Å². The number of methoxy groups -OCH3 is 2. The lowest BCUT2D eigenvalue weighted by atomic mass is 10.1. The Kier molecular flexibility index (Phi) is 5.74. The predicted molar refractivity (Wildman–Crippen MR) is 89.9 cm³/mol. The summed E-state index contributed by atoms with van der Waals surface area (Å²) in [6.07, 6.45) is -4.35. The monoisotopic (exact) mass is 353 g/mol. The fourth-order valence-electron chi connectivity index (χ4n) is 2.08. The van der Waals surface area contributed by atoms with Gasteiger partial charge in [0.1, 0.15) is 0 Å². The standard InChI is InChI=1S/C17H18F3N3O2/c1-24-14-8-7-13(9-15(14)25-2)23-16(21)22-10-11-3-5-12(6-4-11)17(18,19)20/h3-9H,10H2,1-2H3,(H3,21,22,23). The van der Waals surface area contributed by atoms with Crippen molar-refractivity contribution in [1.82, 2.24) is 0 Å². The van der Waals surface area contributed by atoms with Crippen LogP contribution in [0.2, 0.25) is 0 Å². The Morgan fingerprint density at radius 1 is 1.04 bits per heavy atom. The maximum atomic E-state index is 12.5. The minimum Gasteiger partial charge on any atom is -0.493 e. The van der Waals surface area contributed by atoms with Gasteiger partial charge in [0.2, 0.25) is 0 Å². The van der Waals surface area contributed by atoms with E-state index in [2.05, 4.69) is 10.3 Å². The summed E-state index contributed by atoms with van der Waals surface area (Å²) in [5.74, 6) is 1.24. The van der Waals surface area contributed by atoms with E-state index in [9.17, 15) is 13.2 Å². The van der Waals surface area contributed by atoms with Crippen molar-refractivity contribution in [3.8, 4) is 11.5 Å². The second-order valence-electron chi connectivity index (χ2n) is 5.09. The number of nitrogens with two attached hydrogens (primary N) is 1. The van der Waals surface area contributed by atoms with Crippen molar-refractivity contribution < 1.29 is 22.6 Å². The van der Waals surface area contributed by atoms with Crippen molar-refractivity contribution in [2.24, 2.45) is 10.7 Å². The first-order valence-electron chi connectivity index (χ1n) is 7.28. The second kappa shape index (κ2) is 7.78. The largest absolute Gasteiger partial charge is 0.493 e. The Hall–Kier alpha value is -2.90. The van der Waals surface area contributed by atoms with Gasteiger partial charge in [0.05, 0.1) is 26.3 Å². The first-order valence-corrected chi connectivity index (χ1v) is 7.28. The van der Waals surface area contributed by atoms with E-state index in [1.807, 2.05) is 0 Å². The quantitative estimate of drug-likeness (QED) is 0.636. The third-order valence-corrected chi connectivity index (χ3v) is 3.37. The van der Waals surface area contributed by atoms with Gasteiger partial charge in [0.15, 0.2) is 17.5 Å². The fraction of sp³-hybridized carbons (Fsp3) is 0.235. The van der Waals surface area contributed by atoms with Gasteiger partial charge in [-0.1, -0.05) is 12.1 Å². The van der Waals surface area contributed by atoms with E-state index < -0.39 is 11.7 Å². The number of alkyl halides is 3. The summed E-state index contributed by atoms with van der Waals surface area (Å²) >= 11 is 0. The molecule has 0 spiro atoms. The van der Waals surface area contributed by atoms with Crippen LogP contribution < -0.4 is 20.5 Å². The average Bonchev–Trinajstić information content (AvgIpc) is 2.59. The summed E-state index contributed by atoms with van der Waals surface area (Å²) in [7, 11) is 3.05. The zero-order valence-electron chi connectivity index (χ0n) is 13.7. The summed E-state index contributed by atoms with van der Waals surface area (Å²) in [6, 6.07) is 9.92. The van der Waals surface area contributed by atoms with Gasteiger partial charge in [-0.2, -0.15) is 13.2 Å². The van der Waals surface area contributed by atoms with E-state index in [0.29, 0.717) is 22.7 Å². The number of guanidine groups is 1. The van der Waals surface area contributed by atoms with Crippen LogP contribution in [0.4, 0.5) is 18.9 Å². The van der Waals surface area contributed by atoms with E-state index in [-0.39, 0.29) is 12.5 Å². The molecule has 0 radical (unpaired) electrons. The predicted octanol–water partition coefficient (Wildman–Crippen LogP) is 3.65. The highest BCUT2D eigenvalue weighted by Crippen LogP contribution is 2.30. The van der Waals surface area contributed by atoms with Gasteiger partial charge in [0.25, 0.3) is 0 Å². The molecule has 0 aliphatic rings. The van der Waals surface area contributed by atoms with Crippen LogP contribution in [-0.4, -0.2) is 20.2 Å². The first-order chi connectivity index (χ1) is 11.8. The molecule has 2 aromatic carbocycles. The molecule has 0 saturated heterocycles. The van der Waals surface area contributed by atoms with Crippen molar-refractivity contribution in [2.75, 3.05) is 19.5 Å². The molecule has 0 fully saturated rings. The molecule has 25 heavy (non-hydrogen) atoms. The zero-order valence-corrected chi connectivity index (χ0v) is 13.7. The van der Waals surface area contributed by atoms with Crippen LogP contribution in [-0.2, 0) is 12.7 Å². The SMILES string of the molecule is COc1ccc(NC(N)=NCc2ccc(C(F)(F)F)cc2)cc1OC. The number of halogens is 3. The van der Waals surface area contributed by atoms with Crippen LogP contribution in [0.25, 0.3) is 0 Å². The summed E-state index contributed by atoms with van der Waals surface area (Å²) in [6.45, 7) is 0.157. The topological polar surface area (TPSA) is 68.9 Å². The number of aliphatic imine (C=N–C) groups is 1. The summed E-state index contributed by atoms with van der Waals surface area (Å²) < 4.78 is 47.9. The van der Waals surface area contributed by atoms with Crippen molar-refractivity contribution in [2.45, 2.75) is 12.7 Å². The molecular weight excluding hydrogens is 335 g/mol. The van der Waals surface area contributed by atoms with Crippen LogP contribution in [0, 0.1) is 0 Å². The minimum absolute atomic E-state index is 0.132. The molecule has 3 N–H and O–H groups in total. The van der Waals surface area contributed by atoms with Crippen molar-refractivity contribution >= 4 is 11.6 Å². The molecule has 0 heterocycles. The van der Waals surface area contributed by atoms with Crippen molar-refractivity contribution in [3.05, 3.63) is 53.6 Å². The molecule has 8 heteroatoms. The van der Waals surface area contributed by atoms with Gasteiger partial charge in [-0.15, -0.1) is 0 Å². The molecular formula is C17H18F3N3O2. The number of anilines is 1. The Labute approximate surface area is 143 Å². The maximum Gasteiger partial charge on any atom is 0.416 e. The summed E-state index contributed by atoms with van der Waals surface area (Å²) in [5, 5.41) is 2.89. The number of ether oxygens (including phenoxy) is 2. The minimum atomic E-state index is -4.35. The molecule has 0 atom stereocenters. The number of benzene rings is 2. The number of rotatable bonds is 5. The van der Waals surface area contributed by atoms with E-state index in [4.69, 9.17) is 15.2 Å². The van der Waals surface area contributed by atoms with E-state index >= 15 is 0 Å². The maximum absolute atomic E-state index is 12.5. The van der Waals surface area contributed by atoms with Gasteiger partial charge >= 0.3 is 6.18 Å². The van der Waals surface area contributed by atoms with Gasteiger partial charge in [-0.25, -0.2) is 4.99 Å². The Morgan fingerprint density at radius 2 is 1.68 bits per heavy atom. The highest BCUT2D eigenvalue weighted by Gasteiger charge is 2.29. The molecule has 0 aliphatic heterocycles. The van der Waals surface area contributed by atoms with Gasteiger partial charge in [-0.3, -0.25) is 0 Å². The number of hydrogen-bond acceptors (Lipinski definition) is 3. The molecule has 134 valence electrons. The van der Waals surface area contributed by atoms with E-state index in [1.54, 1.807) is 18.2 Å². The van der Waals surface area contributed by atoms with Gasteiger partial charge in [-0.05, 0) is 29.8 Å². The molecule has 0 saturated carbocycles. The van der Waals surface area contributed by atoms with Gasteiger partial charge in [0, 0.05) is 11.8 Å². The molecule has 0 unspecified atom stereocenters. The zero-order chi connectivity index (χ0) is 18.4. The molecule has 0 aliphatic carbocycles. The van der Waals surface area contributed by atoms with Crippen LogP contribution in [0.1, 0.15) is 11.1 Å². The fourth-order valence-corrected chi connectivity index (χ4v) is 2.08. The second-order valence-corrected chi connectivity index (χ2v) is 5.09. The van der Waals surface area contributed by atoms with E-state index in [0.717, 1.165) is 12.1 Å². The average molecular weight is 353 g/mol. The lowest BCUT2D eigenvalue weighted by molar-refractivity contribution is -0.137. The van der Waals surface area contributed by atoms with Gasteiger partial charge < -0.3 is 20.5 Å². The third kappa shape index (κ3) is 5.03. The molecule has 5 nitrogen and oxygen atoms in total. The van der Waals surface area contributed by atoms with E-state index in [1.165, 1.54) is 26.4 Å². The molecule has 2 rings (SSSR count). The van der Waals surface area contributed by atoms with Crippen molar-refractivity contribution in [3.63, 3.8) is 0 Å². The Balaban J connectivity index is 2.02. The molecule has 2 aromatic rings. The molecule has 0 bridgehead atoms. The number of nitrogens with one attached hydrogen (secondary N) is 1. The Bertz CT molecular complexity index is 744. The van der Waals surface area contributed by atoms with Crippen LogP contribution in [0.3, 0.4) is 0 Å². The lowest BCUT2D eigenvalue weighted by Gasteiger charge is -2.11. The molecule has 0 amide bonds. The highest BCUT2D eigenvalue weighted by molar-refractivity contribution is 5.92. The Morgan fingerprint density at radius 3 is 2.24 bits per heavy atom. The highest BCUT2D eigenvalue weighted by atomic mass is 19.4. The normalized spacial score (nSPS) is 12.0. The summed E-state index contributed by atoms with van der Waals surface area (Å²) in [4.78, 5) is 4.11. The van der Waals surface area contributed by atoms with Crippen LogP contribution in [0.15, 0.2) is 47.5 Å². The lowest BCUT2D eigenvalue weighted by Crippen LogP contribution is -2.22. The molecule has 0 aromatic heterocycles. The summed E-state index contributed by atoms with van der Waals surface area (Å²) in [5.41, 5.74) is 6.36. The number of hydrogen-bond donors (Lipinski definition) is 2. The first kappa shape index (κ1) is 18.4. The third-order valence-electron chi connectivity index (χ3n) is 3.37. The number of nitrogens with zero attached hydrogens (tertiary/aromatic N) is 1.